The molecule has 2 aliphatic heterocycles. The Kier molecular flexibility index (Phi) is 2.96. The second kappa shape index (κ2) is 4.36. The second-order valence-electron chi connectivity index (χ2n) is 5.27. The molecule has 2 fully saturated rings. The number of likely N-dealkylation sites (tertiary alicyclic amines) is 1. The number of hydrogen-bond donors (Lipinski definition) is 0. The molecule has 0 N–H and O–H groups in total. The molecule has 2 atom stereocenters. The van der Waals surface area contributed by atoms with Crippen LogP contribution in [0.5, 0.6) is 0 Å². The summed E-state index contributed by atoms with van der Waals surface area (Å²) in [6.45, 7) is 2.46. The van der Waals surface area contributed by atoms with Gasteiger partial charge in [-0.3, -0.25) is 0 Å². The highest BCUT2D eigenvalue weighted by molar-refractivity contribution is 7.89. The molecule has 0 saturated carbocycles. The molecule has 2 saturated heterocycles. The van der Waals surface area contributed by atoms with Gasteiger partial charge < -0.3 is 9.32 Å². The number of rotatable bonds is 2. The fourth-order valence-electron chi connectivity index (χ4n) is 3.18. The molecule has 0 radical (unpaired) electrons. The van der Waals surface area contributed by atoms with Crippen molar-refractivity contribution in [3.8, 4) is 0 Å². The van der Waals surface area contributed by atoms with Crippen molar-refractivity contribution in [1.82, 2.24) is 9.21 Å². The molecule has 5 nitrogen and oxygen atoms in total. The highest BCUT2D eigenvalue weighted by Crippen LogP contribution is 2.33. The number of furan rings is 1. The van der Waals surface area contributed by atoms with Crippen molar-refractivity contribution in [2.45, 2.75) is 23.8 Å². The third-order valence-corrected chi connectivity index (χ3v) is 5.91. The second-order valence-corrected chi connectivity index (χ2v) is 7.16. The van der Waals surface area contributed by atoms with E-state index in [1.165, 1.54) is 18.6 Å². The van der Waals surface area contributed by atoms with Gasteiger partial charge in [-0.15, -0.1) is 0 Å². The van der Waals surface area contributed by atoms with Crippen molar-refractivity contribution in [2.24, 2.45) is 5.92 Å². The number of likely N-dealkylation sites (N-methyl/N-ethyl adjacent to an activating group) is 1. The molecule has 2 aliphatic rings. The summed E-state index contributed by atoms with van der Waals surface area (Å²) in [5, 5.41) is 0. The fourth-order valence-corrected chi connectivity index (χ4v) is 4.82. The van der Waals surface area contributed by atoms with E-state index in [4.69, 9.17) is 4.42 Å². The molecule has 0 aromatic carbocycles. The number of fused-ring (bicyclic) bond motifs is 1. The summed E-state index contributed by atoms with van der Waals surface area (Å²) in [4.78, 5) is 2.50. The highest BCUT2D eigenvalue weighted by Gasteiger charge is 2.43. The van der Waals surface area contributed by atoms with Gasteiger partial charge in [-0.25, -0.2) is 8.42 Å². The quantitative estimate of drug-likeness (QED) is 0.804. The van der Waals surface area contributed by atoms with Crippen LogP contribution in [0.25, 0.3) is 0 Å². The Bertz CT molecular complexity index is 511. The molecule has 18 heavy (non-hydrogen) atoms. The van der Waals surface area contributed by atoms with Gasteiger partial charge in [-0.1, -0.05) is 0 Å². The summed E-state index contributed by atoms with van der Waals surface area (Å²) in [5.41, 5.74) is 0. The summed E-state index contributed by atoms with van der Waals surface area (Å²) in [6.07, 6.45) is 4.81. The molecule has 1 aromatic rings. The summed E-state index contributed by atoms with van der Waals surface area (Å²) < 4.78 is 31.7. The summed E-state index contributed by atoms with van der Waals surface area (Å²) in [7, 11) is -1.33. The van der Waals surface area contributed by atoms with Crippen molar-refractivity contribution in [1.29, 1.82) is 0 Å². The van der Waals surface area contributed by atoms with Crippen molar-refractivity contribution >= 4 is 10.0 Å². The Morgan fingerprint density at radius 3 is 2.94 bits per heavy atom. The highest BCUT2D eigenvalue weighted by atomic mass is 32.2. The maximum Gasteiger partial charge on any atom is 0.246 e. The lowest BCUT2D eigenvalue weighted by Gasteiger charge is -2.35. The summed E-state index contributed by atoms with van der Waals surface area (Å²) in [5.74, 6) is 0.477. The van der Waals surface area contributed by atoms with Crippen LogP contribution in [0.15, 0.2) is 27.9 Å². The van der Waals surface area contributed by atoms with E-state index in [9.17, 15) is 8.42 Å². The molecule has 0 unspecified atom stereocenters. The summed E-state index contributed by atoms with van der Waals surface area (Å²) >= 11 is 0. The van der Waals surface area contributed by atoms with Gasteiger partial charge in [-0.05, 0) is 31.9 Å². The average Bonchev–Trinajstić information content (AvgIpc) is 2.95. The van der Waals surface area contributed by atoms with Crippen LogP contribution in [0.3, 0.4) is 0 Å². The lowest BCUT2D eigenvalue weighted by atomic mass is 9.94. The number of nitrogens with zero attached hydrogens (tertiary/aromatic N) is 2. The van der Waals surface area contributed by atoms with E-state index >= 15 is 0 Å². The van der Waals surface area contributed by atoms with E-state index in [-0.39, 0.29) is 10.9 Å². The van der Waals surface area contributed by atoms with E-state index in [1.54, 1.807) is 4.31 Å². The van der Waals surface area contributed by atoms with Crippen LogP contribution in [0.2, 0.25) is 0 Å². The van der Waals surface area contributed by atoms with Crippen molar-refractivity contribution in [3.05, 3.63) is 18.6 Å². The largest absolute Gasteiger partial charge is 0.471 e. The predicted octanol–water partition coefficient (Wildman–Crippen LogP) is 0.994. The van der Waals surface area contributed by atoms with Gasteiger partial charge in [0.2, 0.25) is 10.0 Å². The topological polar surface area (TPSA) is 53.8 Å². The first kappa shape index (κ1) is 12.2. The Morgan fingerprint density at radius 1 is 1.39 bits per heavy atom. The van der Waals surface area contributed by atoms with Crippen molar-refractivity contribution < 1.29 is 12.8 Å². The zero-order valence-electron chi connectivity index (χ0n) is 10.4. The zero-order valence-corrected chi connectivity index (χ0v) is 11.3. The van der Waals surface area contributed by atoms with Gasteiger partial charge in [0, 0.05) is 25.7 Å². The SMILES string of the molecule is CN1C[C@@H]2CCCN(S(=O)(=O)c3ccoc3)[C@@H]2C1. The minimum Gasteiger partial charge on any atom is -0.471 e. The first-order valence-electron chi connectivity index (χ1n) is 6.31. The Hall–Kier alpha value is -0.850. The van der Waals surface area contributed by atoms with Crippen LogP contribution in [0, 0.1) is 5.92 Å². The Morgan fingerprint density at radius 2 is 2.22 bits per heavy atom. The molecular weight excluding hydrogens is 252 g/mol. The third kappa shape index (κ3) is 1.88. The van der Waals surface area contributed by atoms with E-state index in [0.717, 1.165) is 25.9 Å². The van der Waals surface area contributed by atoms with Gasteiger partial charge in [0.05, 0.1) is 6.26 Å². The van der Waals surface area contributed by atoms with Crippen LogP contribution in [-0.2, 0) is 10.0 Å². The lowest BCUT2D eigenvalue weighted by molar-refractivity contribution is 0.217. The number of sulfonamides is 1. The van der Waals surface area contributed by atoms with Gasteiger partial charge in [-0.2, -0.15) is 4.31 Å². The molecule has 3 heterocycles. The van der Waals surface area contributed by atoms with Crippen molar-refractivity contribution in [3.63, 3.8) is 0 Å². The normalized spacial score (nSPS) is 30.5. The van der Waals surface area contributed by atoms with Gasteiger partial charge in [0.1, 0.15) is 11.2 Å². The maximum absolute atomic E-state index is 12.5. The first-order chi connectivity index (χ1) is 8.59. The average molecular weight is 270 g/mol. The summed E-state index contributed by atoms with van der Waals surface area (Å²) in [6, 6.07) is 1.65. The smallest absolute Gasteiger partial charge is 0.246 e. The van der Waals surface area contributed by atoms with Crippen LogP contribution < -0.4 is 0 Å². The molecule has 3 rings (SSSR count). The Labute approximate surface area is 107 Å². The molecule has 6 heteroatoms. The first-order valence-corrected chi connectivity index (χ1v) is 7.75. The monoisotopic (exact) mass is 270 g/mol. The van der Waals surface area contributed by atoms with E-state index in [1.807, 2.05) is 0 Å². The van der Waals surface area contributed by atoms with E-state index < -0.39 is 10.0 Å². The van der Waals surface area contributed by atoms with E-state index in [2.05, 4.69) is 11.9 Å². The van der Waals surface area contributed by atoms with Crippen LogP contribution >= 0.6 is 0 Å². The number of piperidine rings is 1. The molecule has 0 spiro atoms. The minimum absolute atomic E-state index is 0.128. The molecular formula is C12H18N2O3S. The molecule has 0 aliphatic carbocycles. The molecule has 0 bridgehead atoms. The van der Waals surface area contributed by atoms with E-state index in [0.29, 0.717) is 12.5 Å². The third-order valence-electron chi connectivity index (χ3n) is 4.01. The maximum atomic E-state index is 12.5. The lowest BCUT2D eigenvalue weighted by Crippen LogP contribution is -2.48. The fraction of sp³-hybridized carbons (Fsp3) is 0.667. The minimum atomic E-state index is -3.38. The van der Waals surface area contributed by atoms with Gasteiger partial charge >= 0.3 is 0 Å². The standard InChI is InChI=1S/C12H18N2O3S/c1-13-7-10-3-2-5-14(12(10)8-13)18(15,16)11-4-6-17-9-11/h4,6,9-10,12H,2-3,5,7-8H2,1H3/t10-,12+/m0/s1. The van der Waals surface area contributed by atoms with Gasteiger partial charge in [0.15, 0.2) is 0 Å². The predicted molar refractivity (Wildman–Crippen MR) is 66.6 cm³/mol. The van der Waals surface area contributed by atoms with Crippen LogP contribution in [0.1, 0.15) is 12.8 Å². The molecule has 100 valence electrons. The molecule has 1 aromatic heterocycles. The Balaban J connectivity index is 1.92. The van der Waals surface area contributed by atoms with Crippen molar-refractivity contribution in [2.75, 3.05) is 26.7 Å². The van der Waals surface area contributed by atoms with Crippen LogP contribution in [-0.4, -0.2) is 50.3 Å². The van der Waals surface area contributed by atoms with Gasteiger partial charge in [0.25, 0.3) is 0 Å². The molecule has 0 amide bonds. The van der Waals surface area contributed by atoms with Crippen LogP contribution in [0.4, 0.5) is 0 Å². The number of hydrogen-bond acceptors (Lipinski definition) is 4. The zero-order chi connectivity index (χ0) is 12.8.